The highest BCUT2D eigenvalue weighted by Gasteiger charge is 2.19. The standard InChI is InChI=1S/C17H15BrFNO4/c1-10(17(23)20-15-7-4-12(18)9-14(15)19)24-16(22)8-11-2-5-13(21)6-3-11/h2-7,9-10,21H,8H2,1H3,(H,20,23)/t10-/m1/s1. The van der Waals surface area contributed by atoms with Gasteiger partial charge < -0.3 is 15.2 Å². The summed E-state index contributed by atoms with van der Waals surface area (Å²) in [5, 5.41) is 11.6. The van der Waals surface area contributed by atoms with Crippen molar-refractivity contribution in [1.82, 2.24) is 0 Å². The van der Waals surface area contributed by atoms with Gasteiger partial charge in [-0.2, -0.15) is 0 Å². The Hall–Kier alpha value is -2.41. The average Bonchev–Trinajstić information content (AvgIpc) is 2.52. The van der Waals surface area contributed by atoms with Crippen molar-refractivity contribution in [3.63, 3.8) is 0 Å². The summed E-state index contributed by atoms with van der Waals surface area (Å²) in [7, 11) is 0. The summed E-state index contributed by atoms with van der Waals surface area (Å²) in [6.07, 6.45) is -1.11. The largest absolute Gasteiger partial charge is 0.508 e. The van der Waals surface area contributed by atoms with Crippen LogP contribution in [-0.4, -0.2) is 23.1 Å². The normalized spacial score (nSPS) is 11.6. The smallest absolute Gasteiger partial charge is 0.311 e. The van der Waals surface area contributed by atoms with Crippen LogP contribution in [-0.2, 0) is 20.7 Å². The summed E-state index contributed by atoms with van der Waals surface area (Å²) in [5.41, 5.74) is 0.647. The number of carbonyl (C=O) groups is 2. The van der Waals surface area contributed by atoms with Crippen LogP contribution in [0.15, 0.2) is 46.9 Å². The molecule has 0 heterocycles. The van der Waals surface area contributed by atoms with Crippen LogP contribution >= 0.6 is 15.9 Å². The van der Waals surface area contributed by atoms with Gasteiger partial charge in [0.1, 0.15) is 11.6 Å². The van der Waals surface area contributed by atoms with E-state index in [0.29, 0.717) is 10.0 Å². The molecule has 0 aliphatic carbocycles. The summed E-state index contributed by atoms with van der Waals surface area (Å²) < 4.78 is 19.3. The molecule has 0 aromatic heterocycles. The fourth-order valence-corrected chi connectivity index (χ4v) is 2.23. The highest BCUT2D eigenvalue weighted by atomic mass is 79.9. The summed E-state index contributed by atoms with van der Waals surface area (Å²) >= 11 is 3.12. The Bertz CT molecular complexity index is 749. The summed E-state index contributed by atoms with van der Waals surface area (Å²) in [4.78, 5) is 23.8. The first kappa shape index (κ1) is 17.9. The third-order valence-electron chi connectivity index (χ3n) is 3.15. The maximum Gasteiger partial charge on any atom is 0.311 e. The Kier molecular flexibility index (Phi) is 5.92. The molecule has 7 heteroatoms. The van der Waals surface area contributed by atoms with Crippen molar-refractivity contribution < 1.29 is 23.8 Å². The molecule has 2 aromatic rings. The minimum Gasteiger partial charge on any atom is -0.508 e. The molecule has 126 valence electrons. The van der Waals surface area contributed by atoms with Gasteiger partial charge in [-0.15, -0.1) is 0 Å². The maximum atomic E-state index is 13.7. The number of hydrogen-bond donors (Lipinski definition) is 2. The number of aromatic hydroxyl groups is 1. The molecule has 0 aliphatic heterocycles. The lowest BCUT2D eigenvalue weighted by Crippen LogP contribution is -2.30. The molecule has 5 nitrogen and oxygen atoms in total. The first-order chi connectivity index (χ1) is 11.3. The Morgan fingerprint density at radius 2 is 1.92 bits per heavy atom. The van der Waals surface area contributed by atoms with E-state index in [2.05, 4.69) is 21.2 Å². The van der Waals surface area contributed by atoms with E-state index in [4.69, 9.17) is 4.74 Å². The number of hydrogen-bond acceptors (Lipinski definition) is 4. The van der Waals surface area contributed by atoms with Gasteiger partial charge in [-0.05, 0) is 42.8 Å². The van der Waals surface area contributed by atoms with Crippen molar-refractivity contribution in [3.8, 4) is 5.75 Å². The zero-order valence-corrected chi connectivity index (χ0v) is 14.3. The van der Waals surface area contributed by atoms with Crippen LogP contribution in [0, 0.1) is 5.82 Å². The molecule has 0 aliphatic rings. The second kappa shape index (κ2) is 7.92. The molecule has 0 fully saturated rings. The lowest BCUT2D eigenvalue weighted by atomic mass is 10.1. The van der Waals surface area contributed by atoms with E-state index in [-0.39, 0.29) is 17.9 Å². The predicted molar refractivity (Wildman–Crippen MR) is 90.1 cm³/mol. The molecule has 0 saturated carbocycles. The van der Waals surface area contributed by atoms with Crippen LogP contribution in [0.1, 0.15) is 12.5 Å². The van der Waals surface area contributed by atoms with Crippen LogP contribution in [0.25, 0.3) is 0 Å². The van der Waals surface area contributed by atoms with Crippen molar-refractivity contribution >= 4 is 33.5 Å². The Balaban J connectivity index is 1.90. The van der Waals surface area contributed by atoms with E-state index >= 15 is 0 Å². The lowest BCUT2D eigenvalue weighted by molar-refractivity contribution is -0.152. The van der Waals surface area contributed by atoms with E-state index in [1.54, 1.807) is 18.2 Å². The maximum absolute atomic E-state index is 13.7. The molecule has 0 bridgehead atoms. The monoisotopic (exact) mass is 395 g/mol. The molecule has 2 N–H and O–H groups in total. The molecular formula is C17H15BrFNO4. The number of nitrogens with one attached hydrogen (secondary N) is 1. The SMILES string of the molecule is C[C@@H](OC(=O)Cc1ccc(O)cc1)C(=O)Nc1ccc(Br)cc1F. The Morgan fingerprint density at radius 1 is 1.25 bits per heavy atom. The number of halogens is 2. The number of phenols is 1. The van der Waals surface area contributed by atoms with Crippen molar-refractivity contribution in [3.05, 3.63) is 58.3 Å². The number of esters is 1. The van der Waals surface area contributed by atoms with Gasteiger partial charge in [0.05, 0.1) is 12.1 Å². The average molecular weight is 396 g/mol. The first-order valence-corrected chi connectivity index (χ1v) is 7.88. The minimum absolute atomic E-state index is 0.00429. The van der Waals surface area contributed by atoms with E-state index in [9.17, 15) is 19.1 Å². The Morgan fingerprint density at radius 3 is 2.54 bits per heavy atom. The van der Waals surface area contributed by atoms with Gasteiger partial charge in [0.2, 0.25) is 0 Å². The van der Waals surface area contributed by atoms with Gasteiger partial charge in [0.15, 0.2) is 6.10 Å². The third kappa shape index (κ3) is 5.06. The predicted octanol–water partition coefficient (Wildman–Crippen LogP) is 3.41. The highest BCUT2D eigenvalue weighted by molar-refractivity contribution is 9.10. The van der Waals surface area contributed by atoms with E-state index < -0.39 is 23.8 Å². The van der Waals surface area contributed by atoms with Crippen LogP contribution in [0.5, 0.6) is 5.75 Å². The van der Waals surface area contributed by atoms with Gasteiger partial charge in [-0.1, -0.05) is 28.1 Å². The number of carbonyl (C=O) groups excluding carboxylic acids is 2. The summed E-state index contributed by atoms with van der Waals surface area (Å²) in [6.45, 7) is 1.40. The molecule has 1 amide bonds. The fraction of sp³-hybridized carbons (Fsp3) is 0.176. The zero-order chi connectivity index (χ0) is 17.7. The van der Waals surface area contributed by atoms with Crippen LogP contribution < -0.4 is 5.32 Å². The zero-order valence-electron chi connectivity index (χ0n) is 12.8. The second-order valence-electron chi connectivity index (χ2n) is 5.09. The summed E-state index contributed by atoms with van der Waals surface area (Å²) in [6, 6.07) is 10.3. The second-order valence-corrected chi connectivity index (χ2v) is 6.00. The molecule has 2 rings (SSSR count). The molecule has 24 heavy (non-hydrogen) atoms. The summed E-state index contributed by atoms with van der Waals surface area (Å²) in [5.74, 6) is -1.73. The van der Waals surface area contributed by atoms with Crippen molar-refractivity contribution in [2.75, 3.05) is 5.32 Å². The fourth-order valence-electron chi connectivity index (χ4n) is 1.90. The molecule has 0 radical (unpaired) electrons. The van der Waals surface area contributed by atoms with E-state index in [1.807, 2.05) is 0 Å². The number of rotatable bonds is 5. The van der Waals surface area contributed by atoms with Crippen LogP contribution in [0.4, 0.5) is 10.1 Å². The van der Waals surface area contributed by atoms with E-state index in [0.717, 1.165) is 0 Å². The molecule has 1 atom stereocenters. The first-order valence-electron chi connectivity index (χ1n) is 7.08. The number of ether oxygens (including phenoxy) is 1. The molecular weight excluding hydrogens is 381 g/mol. The van der Waals surface area contributed by atoms with E-state index in [1.165, 1.54) is 31.2 Å². The van der Waals surface area contributed by atoms with Gasteiger partial charge in [0, 0.05) is 4.47 Å². The molecule has 2 aromatic carbocycles. The topological polar surface area (TPSA) is 75.6 Å². The number of amides is 1. The van der Waals surface area contributed by atoms with Gasteiger partial charge in [0.25, 0.3) is 5.91 Å². The van der Waals surface area contributed by atoms with Crippen molar-refractivity contribution in [2.24, 2.45) is 0 Å². The third-order valence-corrected chi connectivity index (χ3v) is 3.64. The number of anilines is 1. The number of benzene rings is 2. The molecule has 0 unspecified atom stereocenters. The minimum atomic E-state index is -1.07. The van der Waals surface area contributed by atoms with Gasteiger partial charge in [-0.3, -0.25) is 9.59 Å². The van der Waals surface area contributed by atoms with Crippen molar-refractivity contribution in [1.29, 1.82) is 0 Å². The van der Waals surface area contributed by atoms with Gasteiger partial charge in [-0.25, -0.2) is 4.39 Å². The van der Waals surface area contributed by atoms with Crippen LogP contribution in [0.2, 0.25) is 0 Å². The van der Waals surface area contributed by atoms with Gasteiger partial charge >= 0.3 is 5.97 Å². The lowest BCUT2D eigenvalue weighted by Gasteiger charge is -2.14. The molecule has 0 spiro atoms. The Labute approximate surface area is 146 Å². The quantitative estimate of drug-likeness (QED) is 0.760. The number of phenolic OH excluding ortho intramolecular Hbond substituents is 1. The van der Waals surface area contributed by atoms with Crippen LogP contribution in [0.3, 0.4) is 0 Å². The molecule has 0 saturated heterocycles. The van der Waals surface area contributed by atoms with Crippen molar-refractivity contribution in [2.45, 2.75) is 19.4 Å². The highest BCUT2D eigenvalue weighted by Crippen LogP contribution is 2.19.